The van der Waals surface area contributed by atoms with E-state index in [4.69, 9.17) is 20.1 Å². The van der Waals surface area contributed by atoms with E-state index in [1.807, 2.05) is 18.2 Å². The lowest BCUT2D eigenvalue weighted by molar-refractivity contribution is -0.138. The number of azide groups is 1. The summed E-state index contributed by atoms with van der Waals surface area (Å²) in [6, 6.07) is 4.88. The van der Waals surface area contributed by atoms with Gasteiger partial charge in [-0.2, -0.15) is 0 Å². The Hall–Kier alpha value is -3.46. The number of carbonyl (C=O) groups is 3. The molecule has 0 bridgehead atoms. The van der Waals surface area contributed by atoms with Crippen molar-refractivity contribution in [3.05, 3.63) is 34.2 Å². The van der Waals surface area contributed by atoms with E-state index in [1.165, 1.54) is 0 Å². The molecule has 0 aliphatic heterocycles. The molecule has 1 atom stereocenters. The summed E-state index contributed by atoms with van der Waals surface area (Å²) in [5.41, 5.74) is 9.43. The van der Waals surface area contributed by atoms with Gasteiger partial charge in [0.05, 0.1) is 20.6 Å². The second-order valence-electron chi connectivity index (χ2n) is 8.43. The van der Waals surface area contributed by atoms with Gasteiger partial charge >= 0.3 is 5.97 Å². The number of nitrogens with zero attached hydrogens (tertiary/aromatic N) is 3. The topological polar surface area (TPSA) is 163 Å². The molecule has 0 saturated heterocycles. The van der Waals surface area contributed by atoms with Gasteiger partial charge in [0.1, 0.15) is 0 Å². The second kappa shape index (κ2) is 13.9. The normalized spacial score (nSPS) is 18.2. The lowest BCUT2D eigenvalue weighted by atomic mass is 9.81. The molecule has 11 nitrogen and oxygen atoms in total. The Morgan fingerprint density at radius 1 is 1.18 bits per heavy atom. The van der Waals surface area contributed by atoms with E-state index >= 15 is 0 Å². The van der Waals surface area contributed by atoms with Crippen LogP contribution in [0.2, 0.25) is 0 Å². The third kappa shape index (κ3) is 8.82. The van der Waals surface area contributed by atoms with Gasteiger partial charge in [0, 0.05) is 36.4 Å². The van der Waals surface area contributed by atoms with Gasteiger partial charge in [0.2, 0.25) is 11.8 Å². The van der Waals surface area contributed by atoms with Crippen molar-refractivity contribution in [3.8, 4) is 11.5 Å². The van der Waals surface area contributed by atoms with Crippen LogP contribution in [0.3, 0.4) is 0 Å². The number of aryl methyl sites for hydroxylation is 1. The Balaban J connectivity index is 1.71. The average Bonchev–Trinajstić information content (AvgIpc) is 2.84. The van der Waals surface area contributed by atoms with Crippen molar-refractivity contribution in [1.82, 2.24) is 10.6 Å². The minimum atomic E-state index is -1.07. The molecule has 34 heavy (non-hydrogen) atoms. The molecule has 0 spiro atoms. The summed E-state index contributed by atoms with van der Waals surface area (Å²) in [4.78, 5) is 38.4. The maximum atomic E-state index is 12.5. The Morgan fingerprint density at radius 2 is 1.88 bits per heavy atom. The maximum Gasteiger partial charge on any atom is 0.305 e. The molecule has 1 aromatic carbocycles. The van der Waals surface area contributed by atoms with Gasteiger partial charge in [-0.05, 0) is 61.2 Å². The SMILES string of the molecule is COc1ccc(CCC(=O)NCC2CCC(C(=O)N[C@H](CN=[N+]=[N-])CC(=O)O)CC2)cc1OC. The molecular formula is C23H33N5O6. The summed E-state index contributed by atoms with van der Waals surface area (Å²) >= 11 is 0. The largest absolute Gasteiger partial charge is 0.493 e. The summed E-state index contributed by atoms with van der Waals surface area (Å²) in [6.45, 7) is 0.469. The molecule has 0 aromatic heterocycles. The number of carboxylic acid groups (broad SMARTS) is 1. The highest BCUT2D eigenvalue weighted by molar-refractivity contribution is 5.80. The Kier molecular flexibility index (Phi) is 11.0. The number of benzene rings is 1. The highest BCUT2D eigenvalue weighted by Gasteiger charge is 2.28. The van der Waals surface area contributed by atoms with E-state index in [-0.39, 0.29) is 30.7 Å². The van der Waals surface area contributed by atoms with Crippen LogP contribution in [-0.4, -0.2) is 56.2 Å². The summed E-state index contributed by atoms with van der Waals surface area (Å²) in [7, 11) is 3.15. The van der Waals surface area contributed by atoms with E-state index < -0.39 is 12.0 Å². The van der Waals surface area contributed by atoms with E-state index in [9.17, 15) is 14.4 Å². The highest BCUT2D eigenvalue weighted by atomic mass is 16.5. The number of ether oxygens (including phenoxy) is 2. The van der Waals surface area contributed by atoms with Crippen molar-refractivity contribution in [2.75, 3.05) is 27.3 Å². The molecule has 186 valence electrons. The molecule has 1 aliphatic carbocycles. The summed E-state index contributed by atoms with van der Waals surface area (Å²) in [6.07, 6.45) is 3.59. The van der Waals surface area contributed by atoms with Gasteiger partial charge in [0.25, 0.3) is 0 Å². The van der Waals surface area contributed by atoms with E-state index in [2.05, 4.69) is 20.7 Å². The number of carboxylic acids is 1. The minimum Gasteiger partial charge on any atom is -0.493 e. The predicted molar refractivity (Wildman–Crippen MR) is 125 cm³/mol. The quantitative estimate of drug-likeness (QED) is 0.226. The Morgan fingerprint density at radius 3 is 2.50 bits per heavy atom. The molecule has 1 fully saturated rings. The predicted octanol–water partition coefficient (Wildman–Crippen LogP) is 2.83. The molecule has 0 heterocycles. The van der Waals surface area contributed by atoms with Crippen molar-refractivity contribution in [3.63, 3.8) is 0 Å². The molecule has 11 heteroatoms. The molecule has 1 saturated carbocycles. The summed E-state index contributed by atoms with van der Waals surface area (Å²) in [5, 5.41) is 18.0. The fourth-order valence-electron chi connectivity index (χ4n) is 4.10. The summed E-state index contributed by atoms with van der Waals surface area (Å²) < 4.78 is 10.5. The van der Waals surface area contributed by atoms with Crippen LogP contribution in [0.15, 0.2) is 23.3 Å². The minimum absolute atomic E-state index is 0.0239. The van der Waals surface area contributed by atoms with Gasteiger partial charge < -0.3 is 25.2 Å². The molecule has 3 N–H and O–H groups in total. The van der Waals surface area contributed by atoms with Gasteiger partial charge in [-0.25, -0.2) is 0 Å². The molecule has 0 unspecified atom stereocenters. The first-order valence-corrected chi connectivity index (χ1v) is 11.4. The zero-order valence-electron chi connectivity index (χ0n) is 19.7. The van der Waals surface area contributed by atoms with E-state index in [0.29, 0.717) is 49.6 Å². The van der Waals surface area contributed by atoms with Gasteiger partial charge in [-0.15, -0.1) is 0 Å². The Labute approximate surface area is 198 Å². The molecule has 2 rings (SSSR count). The number of carbonyl (C=O) groups excluding carboxylic acids is 2. The Bertz CT molecular complexity index is 890. The van der Waals surface area contributed by atoms with Gasteiger partial charge in [-0.1, -0.05) is 11.2 Å². The first-order valence-electron chi connectivity index (χ1n) is 11.4. The number of rotatable bonds is 13. The smallest absolute Gasteiger partial charge is 0.305 e. The van der Waals surface area contributed by atoms with Crippen LogP contribution < -0.4 is 20.1 Å². The molecular weight excluding hydrogens is 442 g/mol. The zero-order chi connectivity index (χ0) is 24.9. The maximum absolute atomic E-state index is 12.5. The molecule has 0 radical (unpaired) electrons. The first-order chi connectivity index (χ1) is 16.4. The number of hydrogen-bond donors (Lipinski definition) is 3. The fourth-order valence-corrected chi connectivity index (χ4v) is 4.10. The lowest BCUT2D eigenvalue weighted by Gasteiger charge is -2.29. The fraction of sp³-hybridized carbons (Fsp3) is 0.609. The second-order valence-corrected chi connectivity index (χ2v) is 8.43. The highest BCUT2D eigenvalue weighted by Crippen LogP contribution is 2.29. The van der Waals surface area contributed by atoms with E-state index in [1.54, 1.807) is 14.2 Å². The van der Waals surface area contributed by atoms with Crippen molar-refractivity contribution >= 4 is 17.8 Å². The van der Waals surface area contributed by atoms with Gasteiger partial charge in [-0.3, -0.25) is 14.4 Å². The number of aliphatic carboxylic acids is 1. The molecule has 1 aromatic rings. The van der Waals surface area contributed by atoms with E-state index in [0.717, 1.165) is 18.4 Å². The lowest BCUT2D eigenvalue weighted by Crippen LogP contribution is -2.43. The number of amides is 2. The monoisotopic (exact) mass is 475 g/mol. The van der Waals surface area contributed by atoms with Crippen LogP contribution in [0.5, 0.6) is 11.5 Å². The van der Waals surface area contributed by atoms with Crippen LogP contribution in [0.1, 0.15) is 44.1 Å². The van der Waals surface area contributed by atoms with Crippen LogP contribution in [0.25, 0.3) is 10.4 Å². The standard InChI is InChI=1S/C23H33N5O6/c1-33-19-9-5-15(11-20(19)34-2)6-10-21(29)25-13-16-3-7-17(8-4-16)23(32)27-18(12-22(30)31)14-26-28-24/h5,9,11,16-18H,3-4,6-8,10,12-14H2,1-2H3,(H,25,29)(H,27,32)(H,30,31)/t16?,17?,18-/m0/s1. The van der Waals surface area contributed by atoms with Crippen molar-refractivity contribution in [2.45, 2.75) is 51.0 Å². The first kappa shape index (κ1) is 26.8. The average molecular weight is 476 g/mol. The van der Waals surface area contributed by atoms with Crippen LogP contribution in [0.4, 0.5) is 0 Å². The number of methoxy groups -OCH3 is 2. The van der Waals surface area contributed by atoms with Crippen LogP contribution in [-0.2, 0) is 20.8 Å². The van der Waals surface area contributed by atoms with Crippen molar-refractivity contribution < 1.29 is 29.0 Å². The van der Waals surface area contributed by atoms with Crippen LogP contribution in [0, 0.1) is 11.8 Å². The number of hydrogen-bond acceptors (Lipinski definition) is 6. The third-order valence-corrected chi connectivity index (χ3v) is 6.03. The molecule has 2 amide bonds. The summed E-state index contributed by atoms with van der Waals surface area (Å²) in [5.74, 6) is 0.0674. The molecule has 1 aliphatic rings. The zero-order valence-corrected chi connectivity index (χ0v) is 19.7. The third-order valence-electron chi connectivity index (χ3n) is 6.03. The van der Waals surface area contributed by atoms with Crippen molar-refractivity contribution in [1.29, 1.82) is 0 Å². The van der Waals surface area contributed by atoms with Crippen LogP contribution >= 0.6 is 0 Å². The van der Waals surface area contributed by atoms with Crippen molar-refractivity contribution in [2.24, 2.45) is 17.0 Å². The number of nitrogens with one attached hydrogen (secondary N) is 2. The van der Waals surface area contributed by atoms with Gasteiger partial charge in [0.15, 0.2) is 11.5 Å².